The third-order valence-electron chi connectivity index (χ3n) is 4.73. The second-order valence-electron chi connectivity index (χ2n) is 6.29. The van der Waals surface area contributed by atoms with Crippen molar-refractivity contribution in [2.75, 3.05) is 0 Å². The number of hydrogen-bond donors (Lipinski definition) is 0. The van der Waals surface area contributed by atoms with Crippen molar-refractivity contribution in [3.8, 4) is 0 Å². The standard InChI is InChI=1S/C23H20O2/c1-15-12-13-21(17(3)16(15)2)23(25)20-11-7-10-19(14-20)22(24)18-8-5-4-6-9-18/h4-14H,1-3H3. The van der Waals surface area contributed by atoms with Crippen molar-refractivity contribution in [1.82, 2.24) is 0 Å². The van der Waals surface area contributed by atoms with Crippen LogP contribution in [0.25, 0.3) is 0 Å². The topological polar surface area (TPSA) is 34.1 Å². The summed E-state index contributed by atoms with van der Waals surface area (Å²) in [5, 5.41) is 0. The van der Waals surface area contributed by atoms with Crippen LogP contribution in [0.1, 0.15) is 48.5 Å². The quantitative estimate of drug-likeness (QED) is 0.626. The van der Waals surface area contributed by atoms with E-state index in [2.05, 4.69) is 0 Å². The van der Waals surface area contributed by atoms with E-state index in [1.54, 1.807) is 36.4 Å². The Morgan fingerprint density at radius 3 is 1.88 bits per heavy atom. The highest BCUT2D eigenvalue weighted by molar-refractivity contribution is 6.13. The van der Waals surface area contributed by atoms with E-state index < -0.39 is 0 Å². The van der Waals surface area contributed by atoms with Crippen LogP contribution in [-0.4, -0.2) is 11.6 Å². The highest BCUT2D eigenvalue weighted by Gasteiger charge is 2.16. The maximum Gasteiger partial charge on any atom is 0.193 e. The molecule has 0 heterocycles. The molecule has 0 bridgehead atoms. The van der Waals surface area contributed by atoms with Gasteiger partial charge in [-0.15, -0.1) is 0 Å². The summed E-state index contributed by atoms with van der Waals surface area (Å²) in [6.45, 7) is 6.03. The second-order valence-corrected chi connectivity index (χ2v) is 6.29. The van der Waals surface area contributed by atoms with Crippen molar-refractivity contribution in [3.63, 3.8) is 0 Å². The fraction of sp³-hybridized carbons (Fsp3) is 0.130. The zero-order valence-electron chi connectivity index (χ0n) is 14.7. The number of hydrogen-bond acceptors (Lipinski definition) is 2. The van der Waals surface area contributed by atoms with Gasteiger partial charge in [-0.1, -0.05) is 60.7 Å². The third kappa shape index (κ3) is 3.29. The minimum Gasteiger partial charge on any atom is -0.289 e. The first-order valence-electron chi connectivity index (χ1n) is 8.30. The molecule has 3 rings (SSSR count). The lowest BCUT2D eigenvalue weighted by Gasteiger charge is -2.11. The Labute approximate surface area is 148 Å². The third-order valence-corrected chi connectivity index (χ3v) is 4.73. The summed E-state index contributed by atoms with van der Waals surface area (Å²) >= 11 is 0. The monoisotopic (exact) mass is 328 g/mol. The van der Waals surface area contributed by atoms with Gasteiger partial charge in [0.25, 0.3) is 0 Å². The predicted molar refractivity (Wildman–Crippen MR) is 100 cm³/mol. The Balaban J connectivity index is 1.98. The predicted octanol–water partition coefficient (Wildman–Crippen LogP) is 5.07. The van der Waals surface area contributed by atoms with Gasteiger partial charge in [0.05, 0.1) is 0 Å². The summed E-state index contributed by atoms with van der Waals surface area (Å²) in [4.78, 5) is 25.5. The molecule has 124 valence electrons. The zero-order valence-corrected chi connectivity index (χ0v) is 14.7. The fourth-order valence-electron chi connectivity index (χ4n) is 2.92. The molecule has 0 spiro atoms. The molecule has 0 aliphatic carbocycles. The molecular weight excluding hydrogens is 308 g/mol. The Kier molecular flexibility index (Phi) is 4.62. The van der Waals surface area contributed by atoms with E-state index in [1.165, 1.54) is 5.56 Å². The molecule has 0 saturated carbocycles. The summed E-state index contributed by atoms with van der Waals surface area (Å²) in [7, 11) is 0. The van der Waals surface area contributed by atoms with Crippen molar-refractivity contribution in [1.29, 1.82) is 0 Å². The Hall–Kier alpha value is -3.00. The number of ketones is 2. The maximum atomic E-state index is 12.9. The Bertz CT molecular complexity index is 953. The molecule has 0 N–H and O–H groups in total. The average Bonchev–Trinajstić information content (AvgIpc) is 2.66. The van der Waals surface area contributed by atoms with Crippen molar-refractivity contribution < 1.29 is 9.59 Å². The summed E-state index contributed by atoms with van der Waals surface area (Å²) in [5.74, 6) is -0.129. The van der Waals surface area contributed by atoms with Crippen molar-refractivity contribution in [3.05, 3.63) is 106 Å². The van der Waals surface area contributed by atoms with Gasteiger partial charge in [0.15, 0.2) is 11.6 Å². The number of rotatable bonds is 4. The molecule has 0 amide bonds. The molecule has 0 unspecified atom stereocenters. The van der Waals surface area contributed by atoms with E-state index in [1.807, 2.05) is 51.1 Å². The van der Waals surface area contributed by atoms with E-state index >= 15 is 0 Å². The molecule has 0 radical (unpaired) electrons. The van der Waals surface area contributed by atoms with Crippen LogP contribution in [-0.2, 0) is 0 Å². The lowest BCUT2D eigenvalue weighted by Crippen LogP contribution is -2.08. The minimum atomic E-state index is -0.0768. The fourth-order valence-corrected chi connectivity index (χ4v) is 2.92. The van der Waals surface area contributed by atoms with Crippen molar-refractivity contribution >= 4 is 11.6 Å². The molecule has 3 aromatic rings. The van der Waals surface area contributed by atoms with Crippen LogP contribution in [0.2, 0.25) is 0 Å². The van der Waals surface area contributed by atoms with Crippen LogP contribution in [0.5, 0.6) is 0 Å². The smallest absolute Gasteiger partial charge is 0.193 e. The van der Waals surface area contributed by atoms with Crippen LogP contribution in [0.15, 0.2) is 66.7 Å². The molecule has 2 nitrogen and oxygen atoms in total. The van der Waals surface area contributed by atoms with Gasteiger partial charge in [0, 0.05) is 22.3 Å². The lowest BCUT2D eigenvalue weighted by atomic mass is 9.92. The van der Waals surface area contributed by atoms with E-state index in [4.69, 9.17) is 0 Å². The Morgan fingerprint density at radius 2 is 1.20 bits per heavy atom. The molecule has 0 aromatic heterocycles. The van der Waals surface area contributed by atoms with Crippen LogP contribution < -0.4 is 0 Å². The number of carbonyl (C=O) groups excluding carboxylic acids is 2. The van der Waals surface area contributed by atoms with E-state index in [0.29, 0.717) is 22.3 Å². The lowest BCUT2D eigenvalue weighted by molar-refractivity contribution is 0.103. The molecule has 25 heavy (non-hydrogen) atoms. The van der Waals surface area contributed by atoms with Gasteiger partial charge in [-0.25, -0.2) is 0 Å². The van der Waals surface area contributed by atoms with Crippen LogP contribution in [0, 0.1) is 20.8 Å². The number of carbonyl (C=O) groups is 2. The van der Waals surface area contributed by atoms with Gasteiger partial charge < -0.3 is 0 Å². The highest BCUT2D eigenvalue weighted by Crippen LogP contribution is 2.21. The summed E-state index contributed by atoms with van der Waals surface area (Å²) in [6, 6.07) is 19.9. The van der Waals surface area contributed by atoms with E-state index in [-0.39, 0.29) is 11.6 Å². The van der Waals surface area contributed by atoms with Gasteiger partial charge in [-0.3, -0.25) is 9.59 Å². The van der Waals surface area contributed by atoms with Crippen LogP contribution in [0.3, 0.4) is 0 Å². The van der Waals surface area contributed by atoms with Crippen molar-refractivity contribution in [2.24, 2.45) is 0 Å². The summed E-state index contributed by atoms with van der Waals surface area (Å²) in [5.41, 5.74) is 5.66. The number of aryl methyl sites for hydroxylation is 1. The normalized spacial score (nSPS) is 10.5. The SMILES string of the molecule is Cc1ccc(C(=O)c2cccc(C(=O)c3ccccc3)c2)c(C)c1C. The first kappa shape index (κ1) is 16.8. The number of benzene rings is 3. The van der Waals surface area contributed by atoms with Gasteiger partial charge >= 0.3 is 0 Å². The molecule has 0 saturated heterocycles. The summed E-state index contributed by atoms with van der Waals surface area (Å²) < 4.78 is 0. The van der Waals surface area contributed by atoms with Gasteiger partial charge in [-0.2, -0.15) is 0 Å². The van der Waals surface area contributed by atoms with Gasteiger partial charge in [0.1, 0.15) is 0 Å². The summed E-state index contributed by atoms with van der Waals surface area (Å²) in [6.07, 6.45) is 0. The van der Waals surface area contributed by atoms with E-state index in [0.717, 1.165) is 11.1 Å². The van der Waals surface area contributed by atoms with Crippen LogP contribution in [0.4, 0.5) is 0 Å². The molecule has 3 aromatic carbocycles. The maximum absolute atomic E-state index is 12.9. The molecule has 0 fully saturated rings. The first-order valence-corrected chi connectivity index (χ1v) is 8.30. The van der Waals surface area contributed by atoms with Crippen LogP contribution >= 0.6 is 0 Å². The highest BCUT2D eigenvalue weighted by atomic mass is 16.1. The second kappa shape index (κ2) is 6.86. The largest absolute Gasteiger partial charge is 0.289 e. The molecule has 2 heteroatoms. The molecule has 0 aliphatic rings. The first-order chi connectivity index (χ1) is 12.0. The average molecular weight is 328 g/mol. The van der Waals surface area contributed by atoms with E-state index in [9.17, 15) is 9.59 Å². The Morgan fingerprint density at radius 1 is 0.600 bits per heavy atom. The van der Waals surface area contributed by atoms with Gasteiger partial charge in [-0.05, 0) is 43.5 Å². The van der Waals surface area contributed by atoms with Gasteiger partial charge in [0.2, 0.25) is 0 Å². The molecule has 0 atom stereocenters. The minimum absolute atomic E-state index is 0.0525. The van der Waals surface area contributed by atoms with Crippen molar-refractivity contribution in [2.45, 2.75) is 20.8 Å². The zero-order chi connectivity index (χ0) is 18.0. The molecular formula is C23H20O2. The molecule has 0 aliphatic heterocycles.